The van der Waals surface area contributed by atoms with Gasteiger partial charge in [0.2, 0.25) is 0 Å². The minimum Gasteiger partial charge on any atom is -0.268 e. The standard InChI is InChI=1S/C21H15ClN2O2/c22-16-11-12-18-19(13-16)24(17-9-5-2-6-10-17)21(26)23(20(18)25)14-15-7-3-1-4-8-15/h1-13H,14H2. The van der Waals surface area contributed by atoms with E-state index in [0.717, 1.165) is 5.56 Å². The molecule has 0 radical (unpaired) electrons. The first-order valence-electron chi connectivity index (χ1n) is 8.19. The largest absolute Gasteiger partial charge is 0.336 e. The summed E-state index contributed by atoms with van der Waals surface area (Å²) in [6, 6.07) is 23.7. The molecule has 1 aromatic heterocycles. The van der Waals surface area contributed by atoms with Crippen molar-refractivity contribution >= 4 is 22.5 Å². The van der Waals surface area contributed by atoms with Crippen molar-refractivity contribution in [2.24, 2.45) is 0 Å². The molecule has 0 saturated heterocycles. The van der Waals surface area contributed by atoms with E-state index in [2.05, 4.69) is 0 Å². The van der Waals surface area contributed by atoms with E-state index in [1.54, 1.807) is 18.2 Å². The molecule has 0 saturated carbocycles. The van der Waals surface area contributed by atoms with Crippen LogP contribution in [0.25, 0.3) is 16.6 Å². The van der Waals surface area contributed by atoms with Gasteiger partial charge in [0.1, 0.15) is 0 Å². The van der Waals surface area contributed by atoms with Crippen LogP contribution in [0.2, 0.25) is 5.02 Å². The number of hydrogen-bond acceptors (Lipinski definition) is 2. The molecule has 0 spiro atoms. The highest BCUT2D eigenvalue weighted by Gasteiger charge is 2.15. The van der Waals surface area contributed by atoms with Crippen LogP contribution in [0.15, 0.2) is 88.5 Å². The summed E-state index contributed by atoms with van der Waals surface area (Å²) in [5.74, 6) is 0. The minimum absolute atomic E-state index is 0.212. The Morgan fingerprint density at radius 3 is 2.15 bits per heavy atom. The first-order chi connectivity index (χ1) is 12.6. The zero-order valence-corrected chi connectivity index (χ0v) is 14.6. The number of halogens is 1. The molecule has 0 N–H and O–H groups in total. The van der Waals surface area contributed by atoms with Gasteiger partial charge in [0.25, 0.3) is 5.56 Å². The summed E-state index contributed by atoms with van der Waals surface area (Å²) in [5, 5.41) is 0.926. The summed E-state index contributed by atoms with van der Waals surface area (Å²) in [4.78, 5) is 26.2. The highest BCUT2D eigenvalue weighted by molar-refractivity contribution is 6.31. The molecule has 128 valence electrons. The van der Waals surface area contributed by atoms with Gasteiger partial charge in [-0.1, -0.05) is 60.1 Å². The van der Waals surface area contributed by atoms with E-state index in [-0.39, 0.29) is 17.8 Å². The molecule has 4 rings (SSSR count). The number of aromatic nitrogens is 2. The summed E-state index contributed by atoms with van der Waals surface area (Å²) in [6.45, 7) is 0.212. The summed E-state index contributed by atoms with van der Waals surface area (Å²) >= 11 is 6.13. The Morgan fingerprint density at radius 2 is 1.46 bits per heavy atom. The van der Waals surface area contributed by atoms with Gasteiger partial charge in [0.15, 0.2) is 0 Å². The van der Waals surface area contributed by atoms with Crippen LogP contribution in [0.4, 0.5) is 0 Å². The molecule has 0 aliphatic carbocycles. The van der Waals surface area contributed by atoms with E-state index in [1.807, 2.05) is 60.7 Å². The Balaban J connectivity index is 2.07. The molecule has 0 bridgehead atoms. The summed E-state index contributed by atoms with van der Waals surface area (Å²) < 4.78 is 2.80. The Kier molecular flexibility index (Phi) is 4.19. The quantitative estimate of drug-likeness (QED) is 0.555. The van der Waals surface area contributed by atoms with Crippen LogP contribution in [-0.4, -0.2) is 9.13 Å². The van der Waals surface area contributed by atoms with E-state index < -0.39 is 0 Å². The molecule has 0 aliphatic rings. The van der Waals surface area contributed by atoms with Crippen LogP contribution in [-0.2, 0) is 6.54 Å². The van der Waals surface area contributed by atoms with E-state index in [0.29, 0.717) is 21.6 Å². The number of benzene rings is 3. The Bertz CT molecular complexity index is 1200. The lowest BCUT2D eigenvalue weighted by Crippen LogP contribution is -2.39. The van der Waals surface area contributed by atoms with Crippen molar-refractivity contribution in [1.29, 1.82) is 0 Å². The van der Waals surface area contributed by atoms with Crippen LogP contribution in [0.1, 0.15) is 5.56 Å². The number of para-hydroxylation sites is 1. The van der Waals surface area contributed by atoms with Crippen molar-refractivity contribution in [3.63, 3.8) is 0 Å². The fourth-order valence-electron chi connectivity index (χ4n) is 3.06. The van der Waals surface area contributed by atoms with Crippen molar-refractivity contribution < 1.29 is 0 Å². The number of nitrogens with zero attached hydrogens (tertiary/aromatic N) is 2. The lowest BCUT2D eigenvalue weighted by Gasteiger charge is -2.14. The lowest BCUT2D eigenvalue weighted by atomic mass is 10.2. The fraction of sp³-hybridized carbons (Fsp3) is 0.0476. The van der Waals surface area contributed by atoms with Gasteiger partial charge >= 0.3 is 5.69 Å². The van der Waals surface area contributed by atoms with Crippen LogP contribution in [0.5, 0.6) is 0 Å². The predicted molar refractivity (Wildman–Crippen MR) is 104 cm³/mol. The molecule has 0 amide bonds. The van der Waals surface area contributed by atoms with Crippen LogP contribution in [0, 0.1) is 0 Å². The first kappa shape index (κ1) is 16.4. The lowest BCUT2D eigenvalue weighted by molar-refractivity contribution is 0.685. The van der Waals surface area contributed by atoms with Crippen LogP contribution in [0.3, 0.4) is 0 Å². The maximum atomic E-state index is 13.2. The van der Waals surface area contributed by atoms with Crippen LogP contribution >= 0.6 is 11.6 Å². The second kappa shape index (κ2) is 6.65. The monoisotopic (exact) mass is 362 g/mol. The van der Waals surface area contributed by atoms with Crippen molar-refractivity contribution in [2.75, 3.05) is 0 Å². The molecular weight excluding hydrogens is 348 g/mol. The highest BCUT2D eigenvalue weighted by atomic mass is 35.5. The Hall–Kier alpha value is -3.11. The molecule has 0 atom stereocenters. The fourth-order valence-corrected chi connectivity index (χ4v) is 3.23. The Labute approximate surface area is 154 Å². The normalized spacial score (nSPS) is 11.0. The zero-order chi connectivity index (χ0) is 18.1. The zero-order valence-electron chi connectivity index (χ0n) is 13.8. The number of rotatable bonds is 3. The van der Waals surface area contributed by atoms with Gasteiger partial charge in [-0.25, -0.2) is 4.79 Å². The summed E-state index contributed by atoms with van der Waals surface area (Å²) in [5.41, 5.74) is 1.37. The van der Waals surface area contributed by atoms with Gasteiger partial charge in [-0.15, -0.1) is 0 Å². The van der Waals surface area contributed by atoms with Gasteiger partial charge in [0.05, 0.1) is 23.1 Å². The van der Waals surface area contributed by atoms with Crippen molar-refractivity contribution in [3.8, 4) is 5.69 Å². The smallest absolute Gasteiger partial charge is 0.268 e. The van der Waals surface area contributed by atoms with Gasteiger partial charge in [-0.3, -0.25) is 13.9 Å². The molecule has 5 heteroatoms. The molecule has 0 aliphatic heterocycles. The third-order valence-corrected chi connectivity index (χ3v) is 4.53. The van der Waals surface area contributed by atoms with Gasteiger partial charge in [-0.2, -0.15) is 0 Å². The number of hydrogen-bond donors (Lipinski definition) is 0. The number of fused-ring (bicyclic) bond motifs is 1. The van der Waals surface area contributed by atoms with Crippen LogP contribution < -0.4 is 11.2 Å². The van der Waals surface area contributed by atoms with Gasteiger partial charge in [0, 0.05) is 5.02 Å². The molecule has 0 unspecified atom stereocenters. The van der Waals surface area contributed by atoms with Gasteiger partial charge in [-0.05, 0) is 35.9 Å². The van der Waals surface area contributed by atoms with E-state index in [1.165, 1.54) is 9.13 Å². The third kappa shape index (κ3) is 2.85. The molecule has 0 fully saturated rings. The average Bonchev–Trinajstić information content (AvgIpc) is 2.67. The molecular formula is C21H15ClN2O2. The van der Waals surface area contributed by atoms with E-state index in [9.17, 15) is 9.59 Å². The molecule has 4 aromatic rings. The minimum atomic E-state index is -0.389. The molecule has 3 aromatic carbocycles. The average molecular weight is 363 g/mol. The predicted octanol–water partition coefficient (Wildman–Crippen LogP) is 3.85. The maximum absolute atomic E-state index is 13.2. The molecule has 1 heterocycles. The summed E-state index contributed by atoms with van der Waals surface area (Å²) in [7, 11) is 0. The SMILES string of the molecule is O=c1c2ccc(Cl)cc2n(-c2ccccc2)c(=O)n1Cc1ccccc1. The van der Waals surface area contributed by atoms with E-state index in [4.69, 9.17) is 11.6 Å². The Morgan fingerprint density at radius 1 is 0.808 bits per heavy atom. The first-order valence-corrected chi connectivity index (χ1v) is 8.57. The van der Waals surface area contributed by atoms with Crippen molar-refractivity contribution in [2.45, 2.75) is 6.54 Å². The highest BCUT2D eigenvalue weighted by Crippen LogP contribution is 2.18. The molecule has 26 heavy (non-hydrogen) atoms. The topological polar surface area (TPSA) is 44.0 Å². The maximum Gasteiger partial charge on any atom is 0.336 e. The van der Waals surface area contributed by atoms with Crippen molar-refractivity contribution in [1.82, 2.24) is 9.13 Å². The van der Waals surface area contributed by atoms with Gasteiger partial charge < -0.3 is 0 Å². The second-order valence-corrected chi connectivity index (χ2v) is 6.43. The second-order valence-electron chi connectivity index (χ2n) is 5.99. The summed E-state index contributed by atoms with van der Waals surface area (Å²) in [6.07, 6.45) is 0. The molecule has 4 nitrogen and oxygen atoms in total. The third-order valence-electron chi connectivity index (χ3n) is 4.30. The van der Waals surface area contributed by atoms with E-state index >= 15 is 0 Å². The van der Waals surface area contributed by atoms with Crippen molar-refractivity contribution in [3.05, 3.63) is 110 Å².